The van der Waals surface area contributed by atoms with Crippen molar-refractivity contribution >= 4 is 12.1 Å². The fraction of sp³-hybridized carbons (Fsp3) is 0.818. The molecule has 2 saturated heterocycles. The van der Waals surface area contributed by atoms with Gasteiger partial charge in [-0.3, -0.25) is 0 Å². The highest BCUT2D eigenvalue weighted by molar-refractivity contribution is 5.75. The van der Waals surface area contributed by atoms with Crippen molar-refractivity contribution in [2.75, 3.05) is 39.4 Å². The number of carbonyl (C=O) groups is 2. The molecule has 7 nitrogen and oxygen atoms in total. The van der Waals surface area contributed by atoms with Gasteiger partial charge >= 0.3 is 12.1 Å². The Hall–Kier alpha value is -1.34. The molecule has 0 bridgehead atoms. The summed E-state index contributed by atoms with van der Waals surface area (Å²) in [6.45, 7) is 3.39. The Morgan fingerprint density at radius 2 is 1.72 bits per heavy atom. The molecule has 2 fully saturated rings. The molecule has 0 unspecified atom stereocenters. The van der Waals surface area contributed by atoms with Crippen LogP contribution in [-0.2, 0) is 4.74 Å². The van der Waals surface area contributed by atoms with E-state index in [4.69, 9.17) is 10.5 Å². The van der Waals surface area contributed by atoms with E-state index in [1.807, 2.05) is 0 Å². The number of morpholine rings is 1. The van der Waals surface area contributed by atoms with Crippen LogP contribution in [0.5, 0.6) is 0 Å². The number of nitrogens with one attached hydrogen (secondary N) is 1. The fourth-order valence-corrected chi connectivity index (χ4v) is 2.46. The van der Waals surface area contributed by atoms with Gasteiger partial charge in [-0.25, -0.2) is 9.59 Å². The highest BCUT2D eigenvalue weighted by Gasteiger charge is 2.40. The van der Waals surface area contributed by atoms with Gasteiger partial charge in [0.1, 0.15) is 13.1 Å². The number of hydrogen-bond acceptors (Lipinski definition) is 3. The maximum atomic E-state index is 12.1. The molecule has 0 radical (unpaired) electrons. The van der Waals surface area contributed by atoms with Crippen molar-refractivity contribution in [3.05, 3.63) is 0 Å². The first kappa shape index (κ1) is 13.1. The molecule has 0 aromatic heterocycles. The molecule has 2 heterocycles. The predicted octanol–water partition coefficient (Wildman–Crippen LogP) is 0.0226. The molecule has 18 heavy (non-hydrogen) atoms. The van der Waals surface area contributed by atoms with Crippen molar-refractivity contribution in [1.29, 1.82) is 0 Å². The van der Waals surface area contributed by atoms with Crippen molar-refractivity contribution in [3.63, 3.8) is 0 Å². The number of nitrogens with two attached hydrogens (primary N) is 1. The lowest BCUT2D eigenvalue weighted by Gasteiger charge is -2.38. The van der Waals surface area contributed by atoms with Crippen LogP contribution < -0.4 is 11.2 Å². The summed E-state index contributed by atoms with van der Waals surface area (Å²) in [5, 5.41) is 0. The normalized spacial score (nSPS) is 23.4. The number of primary amides is 1. The van der Waals surface area contributed by atoms with E-state index in [9.17, 15) is 9.59 Å². The van der Waals surface area contributed by atoms with Crippen molar-refractivity contribution in [1.82, 2.24) is 10.3 Å². The highest BCUT2D eigenvalue weighted by atomic mass is 16.5. The predicted molar refractivity (Wildman–Crippen MR) is 64.4 cm³/mol. The van der Waals surface area contributed by atoms with Gasteiger partial charge in [0, 0.05) is 13.1 Å². The minimum Gasteiger partial charge on any atom is -0.378 e. The molecule has 2 aliphatic heterocycles. The minimum atomic E-state index is -0.476. The third-order valence-corrected chi connectivity index (χ3v) is 3.61. The summed E-state index contributed by atoms with van der Waals surface area (Å²) < 4.78 is 5.08. The largest absolute Gasteiger partial charge is 0.438 e. The number of nitrogens with zero attached hydrogens (tertiary/aromatic N) is 2. The van der Waals surface area contributed by atoms with E-state index in [2.05, 4.69) is 5.43 Å². The van der Waals surface area contributed by atoms with Gasteiger partial charge in [-0.15, -0.1) is 4.59 Å². The first-order valence-electron chi connectivity index (χ1n) is 6.46. The number of carbonyl (C=O) groups excluding carboxylic acids is 2. The van der Waals surface area contributed by atoms with Gasteiger partial charge in [-0.2, -0.15) is 5.43 Å². The molecular formula is C11H21N4O3+. The minimum absolute atomic E-state index is 0.115. The molecule has 2 aliphatic rings. The molecule has 3 N–H and O–H groups in total. The Labute approximate surface area is 106 Å². The zero-order valence-electron chi connectivity index (χ0n) is 10.6. The van der Waals surface area contributed by atoms with Crippen LogP contribution >= 0.6 is 0 Å². The lowest BCUT2D eigenvalue weighted by atomic mass is 10.1. The van der Waals surface area contributed by atoms with Crippen molar-refractivity contribution in [3.8, 4) is 0 Å². The average molecular weight is 257 g/mol. The molecule has 0 atom stereocenters. The topological polar surface area (TPSA) is 84.7 Å². The standard InChI is InChI=1S/C11H20N4O3/c12-10(16)15(6-2-1-3-7-15)13-11(17)14-4-8-18-9-5-14/h1-9H2,(H2-,12,13,16,17)/p+1. The Balaban J connectivity index is 1.99. The summed E-state index contributed by atoms with van der Waals surface area (Å²) >= 11 is 0. The summed E-state index contributed by atoms with van der Waals surface area (Å²) in [6.07, 6.45) is 2.90. The molecule has 102 valence electrons. The van der Waals surface area contributed by atoms with Crippen LogP contribution in [0.3, 0.4) is 0 Å². The number of rotatable bonds is 0. The summed E-state index contributed by atoms with van der Waals surface area (Å²) in [7, 11) is 0. The third kappa shape index (κ3) is 2.73. The average Bonchev–Trinajstić information content (AvgIpc) is 2.40. The molecule has 0 aliphatic carbocycles. The van der Waals surface area contributed by atoms with Gasteiger partial charge in [0.05, 0.1) is 13.2 Å². The Morgan fingerprint density at radius 1 is 1.11 bits per heavy atom. The molecule has 0 aromatic carbocycles. The first-order chi connectivity index (χ1) is 8.64. The van der Waals surface area contributed by atoms with Gasteiger partial charge < -0.3 is 15.4 Å². The van der Waals surface area contributed by atoms with Gasteiger partial charge in [0.25, 0.3) is 0 Å². The third-order valence-electron chi connectivity index (χ3n) is 3.61. The van der Waals surface area contributed by atoms with Gasteiger partial charge in [-0.1, -0.05) is 0 Å². The van der Waals surface area contributed by atoms with Crippen LogP contribution in [0.1, 0.15) is 19.3 Å². The maximum absolute atomic E-state index is 12.1. The van der Waals surface area contributed by atoms with Crippen LogP contribution in [0.2, 0.25) is 0 Å². The Kier molecular flexibility index (Phi) is 4.03. The molecule has 0 aromatic rings. The van der Waals surface area contributed by atoms with Crippen LogP contribution in [0.15, 0.2) is 0 Å². The summed E-state index contributed by atoms with van der Waals surface area (Å²) in [5.74, 6) is 0. The number of hydrogen-bond donors (Lipinski definition) is 2. The second kappa shape index (κ2) is 5.53. The highest BCUT2D eigenvalue weighted by Crippen LogP contribution is 2.16. The molecular weight excluding hydrogens is 236 g/mol. The Bertz CT molecular complexity index is 322. The summed E-state index contributed by atoms with van der Waals surface area (Å²) in [5.41, 5.74) is 8.25. The lowest BCUT2D eigenvalue weighted by Crippen LogP contribution is -2.69. The van der Waals surface area contributed by atoms with Crippen LogP contribution in [0, 0.1) is 0 Å². The van der Waals surface area contributed by atoms with Crippen LogP contribution in [0.4, 0.5) is 9.59 Å². The second-order valence-electron chi connectivity index (χ2n) is 4.83. The van der Waals surface area contributed by atoms with E-state index < -0.39 is 6.03 Å². The van der Waals surface area contributed by atoms with Crippen molar-refractivity contribution < 1.29 is 18.9 Å². The van der Waals surface area contributed by atoms with E-state index in [1.54, 1.807) is 4.90 Å². The lowest BCUT2D eigenvalue weighted by molar-refractivity contribution is -0.889. The molecule has 0 saturated carbocycles. The van der Waals surface area contributed by atoms with Crippen LogP contribution in [0.25, 0.3) is 0 Å². The van der Waals surface area contributed by atoms with Crippen molar-refractivity contribution in [2.45, 2.75) is 19.3 Å². The maximum Gasteiger partial charge on any atom is 0.438 e. The quantitative estimate of drug-likeness (QED) is 0.600. The smallest absolute Gasteiger partial charge is 0.378 e. The second-order valence-corrected chi connectivity index (χ2v) is 4.83. The first-order valence-corrected chi connectivity index (χ1v) is 6.46. The summed E-state index contributed by atoms with van der Waals surface area (Å²) in [6, 6.07) is -0.699. The number of amides is 4. The SMILES string of the molecule is NC(=O)[N+]1(NC(=O)N2CCOCC2)CCCCC1. The van der Waals surface area contributed by atoms with E-state index in [-0.39, 0.29) is 10.6 Å². The zero-order valence-corrected chi connectivity index (χ0v) is 10.6. The monoisotopic (exact) mass is 257 g/mol. The van der Waals surface area contributed by atoms with Gasteiger partial charge in [0.2, 0.25) is 0 Å². The van der Waals surface area contributed by atoms with E-state index in [0.717, 1.165) is 19.3 Å². The Morgan fingerprint density at radius 3 is 2.28 bits per heavy atom. The van der Waals surface area contributed by atoms with Gasteiger partial charge in [-0.05, 0) is 19.3 Å². The number of quaternary nitrogens is 1. The number of piperidine rings is 1. The zero-order chi connectivity index (χ0) is 13.0. The van der Waals surface area contributed by atoms with Crippen molar-refractivity contribution in [2.24, 2.45) is 5.73 Å². The van der Waals surface area contributed by atoms with Crippen LogP contribution in [-0.4, -0.2) is 60.9 Å². The molecule has 7 heteroatoms. The van der Waals surface area contributed by atoms with Gasteiger partial charge in [0.15, 0.2) is 0 Å². The molecule has 2 rings (SSSR count). The van der Waals surface area contributed by atoms with E-state index >= 15 is 0 Å². The fourth-order valence-electron chi connectivity index (χ4n) is 2.46. The van der Waals surface area contributed by atoms with E-state index in [0.29, 0.717) is 39.4 Å². The number of urea groups is 2. The number of ether oxygens (including phenoxy) is 1. The molecule has 4 amide bonds. The molecule has 0 spiro atoms. The summed E-state index contributed by atoms with van der Waals surface area (Å²) in [4.78, 5) is 25.4. The number of likely N-dealkylation sites (tertiary alicyclic amines) is 1. The van der Waals surface area contributed by atoms with E-state index in [1.165, 1.54) is 0 Å².